The lowest BCUT2D eigenvalue weighted by Crippen LogP contribution is -2.10. The van der Waals surface area contributed by atoms with Crippen LogP contribution in [0.5, 0.6) is 5.75 Å². The van der Waals surface area contributed by atoms with Gasteiger partial charge in [-0.3, -0.25) is 4.79 Å². The molecule has 4 nitrogen and oxygen atoms in total. The van der Waals surface area contributed by atoms with E-state index in [1.165, 1.54) is 0 Å². The van der Waals surface area contributed by atoms with E-state index in [4.69, 9.17) is 19.4 Å². The molecular weight excluding hydrogens is 172 g/mol. The van der Waals surface area contributed by atoms with E-state index in [-0.39, 0.29) is 6.47 Å². The van der Waals surface area contributed by atoms with Crippen LogP contribution in [0.25, 0.3) is 0 Å². The largest absolute Gasteiger partial charge is 0.483 e. The van der Waals surface area contributed by atoms with Gasteiger partial charge in [0.1, 0.15) is 5.75 Å². The number of hydrogen-bond donors (Lipinski definition) is 1. The summed E-state index contributed by atoms with van der Waals surface area (Å²) in [5.41, 5.74) is 1.13. The van der Waals surface area contributed by atoms with Crippen LogP contribution in [-0.2, 0) is 16.1 Å². The van der Waals surface area contributed by atoms with E-state index in [9.17, 15) is 0 Å². The molecule has 1 aliphatic rings. The lowest BCUT2D eigenvalue weighted by molar-refractivity contribution is -0.122. The van der Waals surface area contributed by atoms with Crippen LogP contribution in [0.1, 0.15) is 5.56 Å². The molecule has 1 aromatic carbocycles. The fourth-order valence-corrected chi connectivity index (χ4v) is 1.02. The minimum absolute atomic E-state index is 0.250. The minimum atomic E-state index is -0.250. The summed E-state index contributed by atoms with van der Waals surface area (Å²) in [6.07, 6.45) is 0. The van der Waals surface area contributed by atoms with Crippen LogP contribution < -0.4 is 4.74 Å². The highest BCUT2D eigenvalue weighted by atomic mass is 16.7. The molecule has 1 N–H and O–H groups in total. The SMILES string of the molecule is O=CO.c1ccc2c(c1)COCO2. The average Bonchev–Trinajstić information content (AvgIpc) is 2.19. The van der Waals surface area contributed by atoms with Gasteiger partial charge in [0.2, 0.25) is 0 Å². The zero-order valence-electron chi connectivity index (χ0n) is 6.97. The Hall–Kier alpha value is -1.55. The van der Waals surface area contributed by atoms with Gasteiger partial charge in [-0.15, -0.1) is 0 Å². The molecule has 0 aromatic heterocycles. The zero-order chi connectivity index (χ0) is 9.52. The summed E-state index contributed by atoms with van der Waals surface area (Å²) in [7, 11) is 0. The van der Waals surface area contributed by atoms with Gasteiger partial charge in [0.05, 0.1) is 6.61 Å². The number of hydrogen-bond acceptors (Lipinski definition) is 3. The molecule has 1 aliphatic heterocycles. The molecule has 4 heteroatoms. The third kappa shape index (κ3) is 2.76. The molecular formula is C9H10O4. The van der Waals surface area contributed by atoms with Crippen LogP contribution in [0.4, 0.5) is 0 Å². The Labute approximate surface area is 75.7 Å². The number of rotatable bonds is 0. The number of fused-ring (bicyclic) bond motifs is 1. The molecule has 0 aliphatic carbocycles. The second-order valence-corrected chi connectivity index (χ2v) is 2.32. The van der Waals surface area contributed by atoms with Crippen LogP contribution >= 0.6 is 0 Å². The predicted molar refractivity (Wildman–Crippen MR) is 45.4 cm³/mol. The molecule has 0 spiro atoms. The Morgan fingerprint density at radius 1 is 1.38 bits per heavy atom. The standard InChI is InChI=1S/C8H8O2.CH2O2/c1-2-4-8-7(3-1)5-9-6-10-8;2-1-3/h1-4H,5-6H2;1H,(H,2,3). The maximum atomic E-state index is 8.36. The molecule has 0 unspecified atom stereocenters. The fraction of sp³-hybridized carbons (Fsp3) is 0.222. The molecule has 0 atom stereocenters. The van der Waals surface area contributed by atoms with Crippen molar-refractivity contribution in [2.24, 2.45) is 0 Å². The van der Waals surface area contributed by atoms with E-state index >= 15 is 0 Å². The van der Waals surface area contributed by atoms with Crippen molar-refractivity contribution >= 4 is 6.47 Å². The highest BCUT2D eigenvalue weighted by Gasteiger charge is 2.07. The number of benzene rings is 1. The lowest BCUT2D eigenvalue weighted by Gasteiger charge is -2.16. The lowest BCUT2D eigenvalue weighted by atomic mass is 10.2. The first kappa shape index (κ1) is 9.54. The molecule has 13 heavy (non-hydrogen) atoms. The van der Waals surface area contributed by atoms with Gasteiger partial charge < -0.3 is 14.6 Å². The summed E-state index contributed by atoms with van der Waals surface area (Å²) in [6.45, 7) is 0.813. The van der Waals surface area contributed by atoms with Crippen molar-refractivity contribution in [2.75, 3.05) is 6.79 Å². The second-order valence-electron chi connectivity index (χ2n) is 2.32. The summed E-state index contributed by atoms with van der Waals surface area (Å²) in [4.78, 5) is 8.36. The van der Waals surface area contributed by atoms with Crippen LogP contribution in [0.3, 0.4) is 0 Å². The summed E-state index contributed by atoms with van der Waals surface area (Å²) >= 11 is 0. The topological polar surface area (TPSA) is 55.8 Å². The quantitative estimate of drug-likeness (QED) is 0.613. The Bertz CT molecular complexity index is 247. The van der Waals surface area contributed by atoms with Gasteiger partial charge >= 0.3 is 0 Å². The van der Waals surface area contributed by atoms with Crippen molar-refractivity contribution < 1.29 is 19.4 Å². The Kier molecular flexibility index (Phi) is 3.78. The molecule has 0 fully saturated rings. The van der Waals surface area contributed by atoms with Gasteiger partial charge in [-0.25, -0.2) is 0 Å². The summed E-state index contributed by atoms with van der Waals surface area (Å²) in [6, 6.07) is 7.91. The van der Waals surface area contributed by atoms with Crippen molar-refractivity contribution in [2.45, 2.75) is 6.61 Å². The van der Waals surface area contributed by atoms with Crippen molar-refractivity contribution in [3.63, 3.8) is 0 Å². The average molecular weight is 182 g/mol. The zero-order valence-corrected chi connectivity index (χ0v) is 6.97. The summed E-state index contributed by atoms with van der Waals surface area (Å²) < 4.78 is 10.3. The molecule has 1 aromatic rings. The summed E-state index contributed by atoms with van der Waals surface area (Å²) in [5.74, 6) is 0.953. The molecule has 0 saturated heterocycles. The highest BCUT2D eigenvalue weighted by molar-refractivity contribution is 5.33. The third-order valence-corrected chi connectivity index (χ3v) is 1.53. The van der Waals surface area contributed by atoms with Gasteiger partial charge in [-0.1, -0.05) is 18.2 Å². The van der Waals surface area contributed by atoms with Gasteiger partial charge in [-0.2, -0.15) is 0 Å². The third-order valence-electron chi connectivity index (χ3n) is 1.53. The van der Waals surface area contributed by atoms with Crippen molar-refractivity contribution in [3.8, 4) is 5.75 Å². The molecule has 1 heterocycles. The molecule has 0 radical (unpaired) electrons. The fourth-order valence-electron chi connectivity index (χ4n) is 1.02. The smallest absolute Gasteiger partial charge is 0.290 e. The Morgan fingerprint density at radius 2 is 2.08 bits per heavy atom. The summed E-state index contributed by atoms with van der Waals surface area (Å²) in [5, 5.41) is 6.89. The van der Waals surface area contributed by atoms with Gasteiger partial charge in [0, 0.05) is 5.56 Å². The molecule has 0 bridgehead atoms. The van der Waals surface area contributed by atoms with Crippen molar-refractivity contribution in [1.82, 2.24) is 0 Å². The molecule has 70 valence electrons. The number of carboxylic acid groups (broad SMARTS) is 1. The van der Waals surface area contributed by atoms with Gasteiger partial charge in [-0.05, 0) is 6.07 Å². The first-order valence-corrected chi connectivity index (χ1v) is 3.74. The second kappa shape index (κ2) is 5.16. The highest BCUT2D eigenvalue weighted by Crippen LogP contribution is 2.21. The van der Waals surface area contributed by atoms with Gasteiger partial charge in [0.15, 0.2) is 6.79 Å². The Morgan fingerprint density at radius 3 is 2.77 bits per heavy atom. The number of ether oxygens (including phenoxy) is 2. The first-order valence-electron chi connectivity index (χ1n) is 3.74. The minimum Gasteiger partial charge on any atom is -0.483 e. The molecule has 2 rings (SSSR count). The molecule has 0 amide bonds. The number of para-hydroxylation sites is 1. The maximum absolute atomic E-state index is 8.36. The van der Waals surface area contributed by atoms with Gasteiger partial charge in [0.25, 0.3) is 6.47 Å². The van der Waals surface area contributed by atoms with Crippen molar-refractivity contribution in [3.05, 3.63) is 29.8 Å². The maximum Gasteiger partial charge on any atom is 0.290 e. The van der Waals surface area contributed by atoms with Crippen molar-refractivity contribution in [1.29, 1.82) is 0 Å². The Balaban J connectivity index is 0.000000251. The van der Waals surface area contributed by atoms with Crippen LogP contribution in [-0.4, -0.2) is 18.4 Å². The molecule has 0 saturated carbocycles. The monoisotopic (exact) mass is 182 g/mol. The van der Waals surface area contributed by atoms with E-state index in [0.717, 1.165) is 11.3 Å². The normalized spacial score (nSPS) is 12.9. The van der Waals surface area contributed by atoms with Crippen LogP contribution in [0.15, 0.2) is 24.3 Å². The van der Waals surface area contributed by atoms with Crippen LogP contribution in [0.2, 0.25) is 0 Å². The first-order chi connectivity index (χ1) is 6.38. The number of carbonyl (C=O) groups is 1. The van der Waals surface area contributed by atoms with E-state index in [1.807, 2.05) is 24.3 Å². The van der Waals surface area contributed by atoms with E-state index in [1.54, 1.807) is 0 Å². The van der Waals surface area contributed by atoms with E-state index in [0.29, 0.717) is 13.4 Å². The van der Waals surface area contributed by atoms with Crippen LogP contribution in [0, 0.1) is 0 Å². The van der Waals surface area contributed by atoms with E-state index in [2.05, 4.69) is 0 Å². The van der Waals surface area contributed by atoms with E-state index < -0.39 is 0 Å². The predicted octanol–water partition coefficient (Wildman–Crippen LogP) is 1.25.